The standard InChI is InChI=1S/C15H26N2O3/c1-2-12(9-11-5-6-11)16-14(20)17-15(10-13(18)19)7-3-4-8-15/h11-12H,2-10H2,1H3,(H,18,19)(H2,16,17,20). The van der Waals surface area contributed by atoms with Crippen molar-refractivity contribution in [1.29, 1.82) is 0 Å². The highest BCUT2D eigenvalue weighted by Gasteiger charge is 2.37. The molecule has 0 spiro atoms. The molecule has 3 N–H and O–H groups in total. The van der Waals surface area contributed by atoms with E-state index in [1.54, 1.807) is 0 Å². The summed E-state index contributed by atoms with van der Waals surface area (Å²) in [5.41, 5.74) is -0.534. The summed E-state index contributed by atoms with van der Waals surface area (Å²) < 4.78 is 0. The predicted octanol–water partition coefficient (Wildman–Crippen LogP) is 2.65. The number of urea groups is 1. The lowest BCUT2D eigenvalue weighted by atomic mass is 9.93. The number of hydrogen-bond donors (Lipinski definition) is 3. The zero-order valence-corrected chi connectivity index (χ0v) is 12.3. The van der Waals surface area contributed by atoms with E-state index in [4.69, 9.17) is 5.11 Å². The lowest BCUT2D eigenvalue weighted by Gasteiger charge is -2.30. The fourth-order valence-electron chi connectivity index (χ4n) is 3.23. The van der Waals surface area contributed by atoms with Gasteiger partial charge in [-0.3, -0.25) is 4.79 Å². The molecule has 5 nitrogen and oxygen atoms in total. The van der Waals surface area contributed by atoms with Gasteiger partial charge in [0.2, 0.25) is 0 Å². The predicted molar refractivity (Wildman–Crippen MR) is 76.5 cm³/mol. The van der Waals surface area contributed by atoms with Crippen LogP contribution >= 0.6 is 0 Å². The van der Waals surface area contributed by atoms with Gasteiger partial charge in [0, 0.05) is 6.04 Å². The first-order chi connectivity index (χ1) is 9.53. The number of carboxylic acids is 1. The third kappa shape index (κ3) is 4.39. The average Bonchev–Trinajstić information content (AvgIpc) is 3.07. The van der Waals surface area contributed by atoms with Crippen molar-refractivity contribution in [1.82, 2.24) is 10.6 Å². The number of carbonyl (C=O) groups is 2. The fourth-order valence-corrected chi connectivity index (χ4v) is 3.23. The van der Waals surface area contributed by atoms with Crippen molar-refractivity contribution in [2.24, 2.45) is 5.92 Å². The molecule has 2 amide bonds. The Kier molecular flexibility index (Phi) is 4.89. The highest BCUT2D eigenvalue weighted by Crippen LogP contribution is 2.34. The first-order valence-electron chi connectivity index (χ1n) is 7.83. The molecule has 2 saturated carbocycles. The molecule has 0 saturated heterocycles. The van der Waals surface area contributed by atoms with E-state index in [-0.39, 0.29) is 18.5 Å². The Morgan fingerprint density at radius 1 is 1.30 bits per heavy atom. The molecule has 20 heavy (non-hydrogen) atoms. The average molecular weight is 282 g/mol. The molecule has 0 heterocycles. The van der Waals surface area contributed by atoms with Crippen molar-refractivity contribution in [3.05, 3.63) is 0 Å². The van der Waals surface area contributed by atoms with Gasteiger partial charge in [0.15, 0.2) is 0 Å². The monoisotopic (exact) mass is 282 g/mol. The van der Waals surface area contributed by atoms with Crippen molar-refractivity contribution >= 4 is 12.0 Å². The Morgan fingerprint density at radius 3 is 2.45 bits per heavy atom. The summed E-state index contributed by atoms with van der Waals surface area (Å²) in [4.78, 5) is 23.1. The maximum atomic E-state index is 12.1. The second-order valence-electron chi connectivity index (χ2n) is 6.44. The Bertz CT molecular complexity index is 360. The molecule has 0 aromatic carbocycles. The highest BCUT2D eigenvalue weighted by molar-refractivity contribution is 5.77. The highest BCUT2D eigenvalue weighted by atomic mass is 16.4. The maximum Gasteiger partial charge on any atom is 0.315 e. The lowest BCUT2D eigenvalue weighted by molar-refractivity contribution is -0.138. The minimum atomic E-state index is -0.836. The largest absolute Gasteiger partial charge is 0.481 e. The van der Waals surface area contributed by atoms with Gasteiger partial charge in [-0.25, -0.2) is 4.79 Å². The summed E-state index contributed by atoms with van der Waals surface area (Å²) in [5.74, 6) is -0.0584. The lowest BCUT2D eigenvalue weighted by Crippen LogP contribution is -2.53. The topological polar surface area (TPSA) is 78.4 Å². The maximum absolute atomic E-state index is 12.1. The molecule has 2 aliphatic carbocycles. The quantitative estimate of drug-likeness (QED) is 0.671. The molecule has 0 bridgehead atoms. The van der Waals surface area contributed by atoms with Crippen LogP contribution in [0.15, 0.2) is 0 Å². The molecular weight excluding hydrogens is 256 g/mol. The molecule has 0 aromatic heterocycles. The summed E-state index contributed by atoms with van der Waals surface area (Å²) >= 11 is 0. The summed E-state index contributed by atoms with van der Waals surface area (Å²) in [7, 11) is 0. The van der Waals surface area contributed by atoms with Gasteiger partial charge in [-0.05, 0) is 31.6 Å². The summed E-state index contributed by atoms with van der Waals surface area (Å²) in [5, 5.41) is 15.0. The first kappa shape index (κ1) is 15.1. The molecule has 0 radical (unpaired) electrons. The van der Waals surface area contributed by atoms with E-state index in [2.05, 4.69) is 17.6 Å². The zero-order valence-electron chi connectivity index (χ0n) is 12.3. The Labute approximate surface area is 120 Å². The third-order valence-corrected chi connectivity index (χ3v) is 4.57. The van der Waals surface area contributed by atoms with E-state index in [1.807, 2.05) is 0 Å². The van der Waals surface area contributed by atoms with Crippen LogP contribution in [-0.2, 0) is 4.79 Å². The van der Waals surface area contributed by atoms with Crippen LogP contribution in [0.4, 0.5) is 4.79 Å². The van der Waals surface area contributed by atoms with Gasteiger partial charge >= 0.3 is 12.0 Å². The number of rotatable bonds is 7. The number of amides is 2. The van der Waals surface area contributed by atoms with Crippen molar-refractivity contribution in [2.45, 2.75) is 76.3 Å². The smallest absolute Gasteiger partial charge is 0.315 e. The zero-order chi connectivity index (χ0) is 14.6. The number of carbonyl (C=O) groups excluding carboxylic acids is 1. The van der Waals surface area contributed by atoms with E-state index in [0.717, 1.165) is 44.4 Å². The van der Waals surface area contributed by atoms with Crippen LogP contribution in [0.5, 0.6) is 0 Å². The van der Waals surface area contributed by atoms with E-state index in [1.165, 1.54) is 12.8 Å². The van der Waals surface area contributed by atoms with Crippen LogP contribution in [0.2, 0.25) is 0 Å². The van der Waals surface area contributed by atoms with E-state index in [0.29, 0.717) is 0 Å². The van der Waals surface area contributed by atoms with Gasteiger partial charge in [0.05, 0.1) is 12.0 Å². The molecule has 114 valence electrons. The van der Waals surface area contributed by atoms with E-state index in [9.17, 15) is 9.59 Å². The molecule has 2 aliphatic rings. The fraction of sp³-hybridized carbons (Fsp3) is 0.867. The molecule has 5 heteroatoms. The van der Waals surface area contributed by atoms with Crippen molar-refractivity contribution in [3.63, 3.8) is 0 Å². The molecule has 0 aromatic rings. The van der Waals surface area contributed by atoms with Crippen molar-refractivity contribution in [2.75, 3.05) is 0 Å². The minimum absolute atomic E-state index is 0.0276. The van der Waals surface area contributed by atoms with E-state index >= 15 is 0 Å². The number of carboxylic acid groups (broad SMARTS) is 1. The van der Waals surface area contributed by atoms with Crippen molar-refractivity contribution < 1.29 is 14.7 Å². The van der Waals surface area contributed by atoms with Crippen LogP contribution in [0.1, 0.15) is 64.7 Å². The molecule has 2 fully saturated rings. The van der Waals surface area contributed by atoms with Crippen LogP contribution in [0.25, 0.3) is 0 Å². The Hall–Kier alpha value is -1.26. The van der Waals surface area contributed by atoms with Crippen LogP contribution in [0.3, 0.4) is 0 Å². The minimum Gasteiger partial charge on any atom is -0.481 e. The van der Waals surface area contributed by atoms with Gasteiger partial charge in [-0.15, -0.1) is 0 Å². The van der Waals surface area contributed by atoms with Gasteiger partial charge in [-0.2, -0.15) is 0 Å². The van der Waals surface area contributed by atoms with Gasteiger partial charge < -0.3 is 15.7 Å². The Balaban J connectivity index is 1.85. The summed E-state index contributed by atoms with van der Waals surface area (Å²) in [6, 6.07) is 0.0198. The van der Waals surface area contributed by atoms with Crippen molar-refractivity contribution in [3.8, 4) is 0 Å². The second kappa shape index (κ2) is 6.46. The van der Waals surface area contributed by atoms with Gasteiger partial charge in [-0.1, -0.05) is 32.6 Å². The SMILES string of the molecule is CCC(CC1CC1)NC(=O)NC1(CC(=O)O)CCCC1. The van der Waals surface area contributed by atoms with Gasteiger partial charge in [0.25, 0.3) is 0 Å². The van der Waals surface area contributed by atoms with Crippen LogP contribution in [0, 0.1) is 5.92 Å². The molecular formula is C15H26N2O3. The Morgan fingerprint density at radius 2 is 1.95 bits per heavy atom. The molecule has 2 rings (SSSR count). The normalized spacial score (nSPS) is 22.2. The molecule has 1 atom stereocenters. The molecule has 1 unspecified atom stereocenters. The van der Waals surface area contributed by atoms with E-state index < -0.39 is 11.5 Å². The van der Waals surface area contributed by atoms with Crippen LogP contribution in [-0.4, -0.2) is 28.7 Å². The van der Waals surface area contributed by atoms with Crippen LogP contribution < -0.4 is 10.6 Å². The second-order valence-corrected chi connectivity index (χ2v) is 6.44. The number of nitrogens with one attached hydrogen (secondary N) is 2. The summed E-state index contributed by atoms with van der Waals surface area (Å²) in [6.45, 7) is 2.08. The molecule has 0 aliphatic heterocycles. The number of aliphatic carboxylic acids is 1. The summed E-state index contributed by atoms with van der Waals surface area (Å²) in [6.07, 6.45) is 8.09. The third-order valence-electron chi connectivity index (χ3n) is 4.57. The number of hydrogen-bond acceptors (Lipinski definition) is 2. The van der Waals surface area contributed by atoms with Gasteiger partial charge in [0.1, 0.15) is 0 Å². The first-order valence-corrected chi connectivity index (χ1v) is 7.83.